The van der Waals surface area contributed by atoms with Crippen molar-refractivity contribution in [3.8, 4) is 0 Å². The van der Waals surface area contributed by atoms with Crippen molar-refractivity contribution in [1.82, 2.24) is 0 Å². The largest absolute Gasteiger partial charge is 0.466 e. The molecule has 0 aliphatic heterocycles. The molecule has 0 saturated heterocycles. The number of hydrogen-bond donors (Lipinski definition) is 0. The van der Waals surface area contributed by atoms with E-state index >= 15 is 0 Å². The van der Waals surface area contributed by atoms with E-state index in [1.54, 1.807) is 6.08 Å². The number of fused-ring (bicyclic) bond motifs is 1. The first-order valence-corrected chi connectivity index (χ1v) is 6.50. The van der Waals surface area contributed by atoms with Gasteiger partial charge in [0, 0.05) is 12.5 Å². The highest BCUT2D eigenvalue weighted by atomic mass is 16.5. The Labute approximate surface area is 117 Å². The zero-order chi connectivity index (χ0) is 14.1. The topological polar surface area (TPSA) is 43.4 Å². The number of carbonyl (C=O) groups excluding carboxylic acids is 2. The Bertz CT molecular complexity index is 690. The first kappa shape index (κ1) is 12.6. The second-order valence-electron chi connectivity index (χ2n) is 4.90. The summed E-state index contributed by atoms with van der Waals surface area (Å²) < 4.78 is 4.73. The van der Waals surface area contributed by atoms with Crippen molar-refractivity contribution in [2.75, 3.05) is 7.11 Å². The number of ether oxygens (including phenoxy) is 1. The number of carbonyl (C=O) groups is 2. The number of esters is 1. The second kappa shape index (κ2) is 4.93. The zero-order valence-corrected chi connectivity index (χ0v) is 11.2. The molecule has 0 radical (unpaired) electrons. The average molecular weight is 266 g/mol. The maximum Gasteiger partial charge on any atom is 0.331 e. The van der Waals surface area contributed by atoms with Gasteiger partial charge in [0.05, 0.1) is 7.11 Å². The molecule has 0 bridgehead atoms. The molecule has 0 amide bonds. The van der Waals surface area contributed by atoms with Crippen LogP contribution in [0, 0.1) is 0 Å². The van der Waals surface area contributed by atoms with Gasteiger partial charge in [-0.05, 0) is 40.3 Å². The second-order valence-corrected chi connectivity index (χ2v) is 4.90. The van der Waals surface area contributed by atoms with Gasteiger partial charge in [-0.2, -0.15) is 0 Å². The third-order valence-corrected chi connectivity index (χ3v) is 3.69. The fourth-order valence-electron chi connectivity index (χ4n) is 2.72. The maximum absolute atomic E-state index is 11.7. The molecule has 0 heterocycles. The quantitative estimate of drug-likeness (QED) is 0.579. The van der Waals surface area contributed by atoms with Crippen molar-refractivity contribution in [1.29, 1.82) is 0 Å². The maximum atomic E-state index is 11.7. The summed E-state index contributed by atoms with van der Waals surface area (Å²) >= 11 is 0. The fourth-order valence-corrected chi connectivity index (χ4v) is 2.72. The molecule has 1 aromatic rings. The summed E-state index contributed by atoms with van der Waals surface area (Å²) in [6.07, 6.45) is 6.11. The number of rotatable bonds is 1. The fraction of sp³-hybridized carbons (Fsp3) is 0.176. The van der Waals surface area contributed by atoms with Gasteiger partial charge in [-0.25, -0.2) is 4.79 Å². The van der Waals surface area contributed by atoms with Crippen molar-refractivity contribution in [2.24, 2.45) is 0 Å². The summed E-state index contributed by atoms with van der Waals surface area (Å²) in [6.45, 7) is 0. The van der Waals surface area contributed by atoms with Crippen molar-refractivity contribution in [3.05, 3.63) is 64.8 Å². The molecule has 100 valence electrons. The average Bonchev–Trinajstić information content (AvgIpc) is 2.47. The molecule has 2 aliphatic rings. The molecular formula is C17H14O3. The van der Waals surface area contributed by atoms with Crippen molar-refractivity contribution in [2.45, 2.75) is 12.8 Å². The number of allylic oxidation sites excluding steroid dienone is 5. The number of hydrogen-bond acceptors (Lipinski definition) is 3. The lowest BCUT2D eigenvalue weighted by atomic mass is 9.78. The van der Waals surface area contributed by atoms with Crippen LogP contribution in [0.2, 0.25) is 0 Å². The summed E-state index contributed by atoms with van der Waals surface area (Å²) in [7, 11) is 1.36. The van der Waals surface area contributed by atoms with Gasteiger partial charge in [-0.3, -0.25) is 4.79 Å². The minimum atomic E-state index is -0.398. The smallest absolute Gasteiger partial charge is 0.331 e. The Morgan fingerprint density at radius 3 is 2.80 bits per heavy atom. The highest BCUT2D eigenvalue weighted by molar-refractivity contribution is 6.04. The van der Waals surface area contributed by atoms with Crippen molar-refractivity contribution < 1.29 is 14.3 Å². The van der Waals surface area contributed by atoms with E-state index in [0.717, 1.165) is 28.7 Å². The van der Waals surface area contributed by atoms with Crippen LogP contribution in [0.25, 0.3) is 5.57 Å². The molecule has 3 nitrogen and oxygen atoms in total. The lowest BCUT2D eigenvalue weighted by Gasteiger charge is -2.26. The Morgan fingerprint density at radius 2 is 2.00 bits per heavy atom. The van der Waals surface area contributed by atoms with Crippen LogP contribution in [0.5, 0.6) is 0 Å². The van der Waals surface area contributed by atoms with Crippen LogP contribution in [0.3, 0.4) is 0 Å². The Kier molecular flexibility index (Phi) is 3.11. The molecule has 0 saturated carbocycles. The summed E-state index contributed by atoms with van der Waals surface area (Å²) in [4.78, 5) is 23.3. The van der Waals surface area contributed by atoms with Crippen LogP contribution in [0.1, 0.15) is 17.5 Å². The minimum Gasteiger partial charge on any atom is -0.466 e. The van der Waals surface area contributed by atoms with E-state index in [-0.39, 0.29) is 5.78 Å². The van der Waals surface area contributed by atoms with Crippen molar-refractivity contribution in [3.63, 3.8) is 0 Å². The lowest BCUT2D eigenvalue weighted by molar-refractivity contribution is -0.134. The van der Waals surface area contributed by atoms with Crippen LogP contribution in [-0.2, 0) is 20.7 Å². The summed E-state index contributed by atoms with van der Waals surface area (Å²) in [5, 5.41) is 0. The highest BCUT2D eigenvalue weighted by Crippen LogP contribution is 2.39. The number of ketones is 1. The molecule has 0 unspecified atom stereocenters. The van der Waals surface area contributed by atoms with Gasteiger partial charge in [0.15, 0.2) is 5.78 Å². The van der Waals surface area contributed by atoms with Crippen LogP contribution in [-0.4, -0.2) is 18.9 Å². The van der Waals surface area contributed by atoms with Crippen LogP contribution < -0.4 is 0 Å². The number of methoxy groups -OCH3 is 1. The van der Waals surface area contributed by atoms with Gasteiger partial charge in [0.1, 0.15) is 0 Å². The van der Waals surface area contributed by atoms with Gasteiger partial charge >= 0.3 is 5.97 Å². The van der Waals surface area contributed by atoms with E-state index in [9.17, 15) is 9.59 Å². The number of benzene rings is 1. The lowest BCUT2D eigenvalue weighted by Crippen LogP contribution is -2.14. The van der Waals surface area contributed by atoms with E-state index in [1.165, 1.54) is 18.7 Å². The predicted octanol–water partition coefficient (Wildman–Crippen LogP) is 2.62. The first-order chi connectivity index (χ1) is 9.69. The highest BCUT2D eigenvalue weighted by Gasteiger charge is 2.25. The van der Waals surface area contributed by atoms with Crippen molar-refractivity contribution >= 4 is 17.3 Å². The molecular weight excluding hydrogens is 252 g/mol. The van der Waals surface area contributed by atoms with E-state index in [0.29, 0.717) is 6.42 Å². The molecule has 0 spiro atoms. The van der Waals surface area contributed by atoms with Gasteiger partial charge in [-0.15, -0.1) is 0 Å². The summed E-state index contributed by atoms with van der Waals surface area (Å²) in [6, 6.07) is 7.96. The molecule has 0 aromatic heterocycles. The van der Waals surface area contributed by atoms with Gasteiger partial charge in [0.25, 0.3) is 0 Å². The summed E-state index contributed by atoms with van der Waals surface area (Å²) in [5.74, 6) is -0.329. The Hall–Kier alpha value is -2.42. The standard InChI is InChI=1S/C17H14O3/c1-20-17(19)10-16-14-5-3-2-4-11(14)8-12-6-7-13(18)9-15(12)16/h2-7,10H,8-9H2,1H3. The molecule has 0 fully saturated rings. The van der Waals surface area contributed by atoms with Crippen LogP contribution in [0.4, 0.5) is 0 Å². The van der Waals surface area contributed by atoms with E-state index < -0.39 is 5.97 Å². The van der Waals surface area contributed by atoms with Crippen LogP contribution >= 0.6 is 0 Å². The van der Waals surface area contributed by atoms with Gasteiger partial charge < -0.3 is 4.74 Å². The van der Waals surface area contributed by atoms with Gasteiger partial charge in [0.2, 0.25) is 0 Å². The van der Waals surface area contributed by atoms with E-state index in [2.05, 4.69) is 6.07 Å². The molecule has 0 N–H and O–H groups in total. The third-order valence-electron chi connectivity index (χ3n) is 3.69. The summed E-state index contributed by atoms with van der Waals surface area (Å²) in [5.41, 5.74) is 5.05. The minimum absolute atomic E-state index is 0.0684. The SMILES string of the molecule is COC(=O)C=C1C2=C(C=CC(=O)C2)Cc2ccccc21. The molecule has 0 atom stereocenters. The zero-order valence-electron chi connectivity index (χ0n) is 11.2. The molecule has 3 heteroatoms. The first-order valence-electron chi connectivity index (χ1n) is 6.50. The third kappa shape index (κ3) is 2.11. The van der Waals surface area contributed by atoms with E-state index in [1.807, 2.05) is 24.3 Å². The normalized spacial score (nSPS) is 18.9. The van der Waals surface area contributed by atoms with Gasteiger partial charge in [-0.1, -0.05) is 30.3 Å². The molecule has 2 aliphatic carbocycles. The predicted molar refractivity (Wildman–Crippen MR) is 75.9 cm³/mol. The Morgan fingerprint density at radius 1 is 1.20 bits per heavy atom. The van der Waals surface area contributed by atoms with Crippen LogP contribution in [0.15, 0.2) is 53.6 Å². The molecule has 3 rings (SSSR count). The van der Waals surface area contributed by atoms with E-state index in [4.69, 9.17) is 4.74 Å². The Balaban J connectivity index is 2.18. The monoisotopic (exact) mass is 266 g/mol. The molecule has 1 aromatic carbocycles. The molecule has 20 heavy (non-hydrogen) atoms.